The Morgan fingerprint density at radius 3 is 2.45 bits per heavy atom. The predicted octanol–water partition coefficient (Wildman–Crippen LogP) is 5.66. The Morgan fingerprint density at radius 1 is 0.909 bits per heavy atom. The Balaban J connectivity index is 1.37. The number of hydrogen-bond donors (Lipinski definition) is 2. The molecule has 0 spiro atoms. The van der Waals surface area contributed by atoms with Crippen molar-refractivity contribution in [1.29, 1.82) is 0 Å². The number of carbonyl (C=O) groups is 2. The van der Waals surface area contributed by atoms with Gasteiger partial charge in [-0.1, -0.05) is 30.3 Å². The van der Waals surface area contributed by atoms with Crippen molar-refractivity contribution in [2.45, 2.75) is 25.8 Å². The van der Waals surface area contributed by atoms with E-state index < -0.39 is 5.97 Å². The van der Waals surface area contributed by atoms with E-state index >= 15 is 0 Å². The van der Waals surface area contributed by atoms with Crippen LogP contribution in [0.3, 0.4) is 0 Å². The highest BCUT2D eigenvalue weighted by atomic mass is 16.5. The van der Waals surface area contributed by atoms with Gasteiger partial charge in [-0.25, -0.2) is 0 Å². The Labute approximate surface area is 191 Å². The van der Waals surface area contributed by atoms with E-state index in [1.807, 2.05) is 72.8 Å². The van der Waals surface area contributed by atoms with Crippen molar-refractivity contribution in [2.24, 2.45) is 0 Å². The molecule has 6 nitrogen and oxygen atoms in total. The number of ether oxygens (including phenoxy) is 1. The Hall–Kier alpha value is -4.06. The molecule has 6 heteroatoms. The van der Waals surface area contributed by atoms with Crippen LogP contribution in [0, 0.1) is 0 Å². The topological polar surface area (TPSA) is 88.8 Å². The number of hydrogen-bond acceptors (Lipinski definition) is 4. The van der Waals surface area contributed by atoms with E-state index in [1.165, 1.54) is 0 Å². The summed E-state index contributed by atoms with van der Waals surface area (Å²) in [5.41, 5.74) is 3.24. The molecule has 0 unspecified atom stereocenters. The highest BCUT2D eigenvalue weighted by Crippen LogP contribution is 2.29. The number of fused-ring (bicyclic) bond motifs is 1. The lowest BCUT2D eigenvalue weighted by molar-refractivity contribution is -0.137. The highest BCUT2D eigenvalue weighted by molar-refractivity contribution is 5.98. The highest BCUT2D eigenvalue weighted by Gasteiger charge is 2.11. The van der Waals surface area contributed by atoms with E-state index in [1.54, 1.807) is 6.07 Å². The zero-order valence-corrected chi connectivity index (χ0v) is 18.1. The second-order valence-corrected chi connectivity index (χ2v) is 7.76. The van der Waals surface area contributed by atoms with Gasteiger partial charge in [0.25, 0.3) is 5.91 Å². The van der Waals surface area contributed by atoms with Gasteiger partial charge in [-0.15, -0.1) is 0 Å². The third-order valence-corrected chi connectivity index (χ3v) is 5.27. The van der Waals surface area contributed by atoms with Crippen LogP contribution in [0.1, 0.15) is 35.2 Å². The van der Waals surface area contributed by atoms with Gasteiger partial charge in [0.05, 0.1) is 6.61 Å². The SMILES string of the molecule is O=C(O)CCCCOc1ccc(-c2cc3cc(C(=O)NCc4ccccc4)ccc3o2)cc1. The summed E-state index contributed by atoms with van der Waals surface area (Å²) in [6.07, 6.45) is 1.45. The van der Waals surface area contributed by atoms with Crippen LogP contribution in [0.2, 0.25) is 0 Å². The zero-order valence-electron chi connectivity index (χ0n) is 18.1. The van der Waals surface area contributed by atoms with Gasteiger partial charge in [-0.2, -0.15) is 0 Å². The minimum Gasteiger partial charge on any atom is -0.494 e. The van der Waals surface area contributed by atoms with Crippen LogP contribution in [-0.4, -0.2) is 23.6 Å². The molecule has 0 aliphatic carbocycles. The zero-order chi connectivity index (χ0) is 23.0. The molecule has 1 aromatic heterocycles. The molecular weight excluding hydrogens is 418 g/mol. The number of amides is 1. The molecule has 33 heavy (non-hydrogen) atoms. The Bertz CT molecular complexity index is 1230. The van der Waals surface area contributed by atoms with Gasteiger partial charge >= 0.3 is 5.97 Å². The van der Waals surface area contributed by atoms with Crippen molar-refractivity contribution in [3.63, 3.8) is 0 Å². The van der Waals surface area contributed by atoms with E-state index in [4.69, 9.17) is 14.3 Å². The third kappa shape index (κ3) is 6.01. The summed E-state index contributed by atoms with van der Waals surface area (Å²) >= 11 is 0. The number of aliphatic carboxylic acids is 1. The van der Waals surface area contributed by atoms with Crippen LogP contribution in [-0.2, 0) is 11.3 Å². The molecule has 0 bridgehead atoms. The number of nitrogens with one attached hydrogen (secondary N) is 1. The largest absolute Gasteiger partial charge is 0.494 e. The van der Waals surface area contributed by atoms with Gasteiger partial charge < -0.3 is 19.6 Å². The van der Waals surface area contributed by atoms with E-state index in [-0.39, 0.29) is 12.3 Å². The molecule has 4 aromatic rings. The van der Waals surface area contributed by atoms with Crippen LogP contribution >= 0.6 is 0 Å². The molecule has 0 saturated heterocycles. The van der Waals surface area contributed by atoms with Crippen molar-refractivity contribution < 1.29 is 23.8 Å². The van der Waals surface area contributed by atoms with E-state index in [9.17, 15) is 9.59 Å². The molecule has 0 fully saturated rings. The van der Waals surface area contributed by atoms with Crippen molar-refractivity contribution >= 4 is 22.8 Å². The van der Waals surface area contributed by atoms with E-state index in [2.05, 4.69) is 5.32 Å². The van der Waals surface area contributed by atoms with E-state index in [0.717, 1.165) is 22.3 Å². The van der Waals surface area contributed by atoms with Crippen LogP contribution in [0.25, 0.3) is 22.3 Å². The van der Waals surface area contributed by atoms with Gasteiger partial charge in [0.2, 0.25) is 0 Å². The lowest BCUT2D eigenvalue weighted by Crippen LogP contribution is -2.22. The fraction of sp³-hybridized carbons (Fsp3) is 0.185. The van der Waals surface area contributed by atoms with Gasteiger partial charge in [0.15, 0.2) is 0 Å². The number of unbranched alkanes of at least 4 members (excludes halogenated alkanes) is 1. The molecule has 0 radical (unpaired) electrons. The molecule has 1 heterocycles. The summed E-state index contributed by atoms with van der Waals surface area (Å²) in [5, 5.41) is 12.5. The lowest BCUT2D eigenvalue weighted by Gasteiger charge is -2.06. The fourth-order valence-electron chi connectivity index (χ4n) is 3.49. The van der Waals surface area contributed by atoms with Crippen LogP contribution in [0.4, 0.5) is 0 Å². The average molecular weight is 443 g/mol. The molecule has 4 rings (SSSR count). The number of carboxylic acid groups (broad SMARTS) is 1. The number of rotatable bonds is 10. The number of furan rings is 1. The van der Waals surface area contributed by atoms with Gasteiger partial charge in [-0.05, 0) is 66.9 Å². The summed E-state index contributed by atoms with van der Waals surface area (Å²) < 4.78 is 11.6. The normalized spacial score (nSPS) is 10.8. The summed E-state index contributed by atoms with van der Waals surface area (Å²) in [4.78, 5) is 23.1. The lowest BCUT2D eigenvalue weighted by atomic mass is 10.1. The molecule has 0 atom stereocenters. The smallest absolute Gasteiger partial charge is 0.303 e. The Kier molecular flexibility index (Phi) is 7.05. The molecule has 0 aliphatic heterocycles. The minimum absolute atomic E-state index is 0.131. The predicted molar refractivity (Wildman–Crippen MR) is 126 cm³/mol. The van der Waals surface area contributed by atoms with Crippen molar-refractivity contribution in [2.75, 3.05) is 6.61 Å². The summed E-state index contributed by atoms with van der Waals surface area (Å²) in [6, 6.07) is 24.7. The van der Waals surface area contributed by atoms with Crippen molar-refractivity contribution in [3.8, 4) is 17.1 Å². The molecular formula is C27H25NO5. The van der Waals surface area contributed by atoms with Gasteiger partial charge in [0, 0.05) is 29.5 Å². The first kappa shape index (κ1) is 22.1. The first-order valence-electron chi connectivity index (χ1n) is 10.9. The van der Waals surface area contributed by atoms with Gasteiger partial charge in [-0.3, -0.25) is 9.59 Å². The van der Waals surface area contributed by atoms with Crippen LogP contribution in [0.5, 0.6) is 5.75 Å². The Morgan fingerprint density at radius 2 is 1.70 bits per heavy atom. The maximum atomic E-state index is 12.6. The fourth-order valence-corrected chi connectivity index (χ4v) is 3.49. The van der Waals surface area contributed by atoms with E-state index in [0.29, 0.717) is 42.9 Å². The molecule has 3 aromatic carbocycles. The minimum atomic E-state index is -0.787. The second-order valence-electron chi connectivity index (χ2n) is 7.76. The molecule has 0 aliphatic rings. The number of carboxylic acids is 1. The molecule has 2 N–H and O–H groups in total. The number of benzene rings is 3. The van der Waals surface area contributed by atoms with Crippen molar-refractivity contribution in [1.82, 2.24) is 5.32 Å². The number of carbonyl (C=O) groups excluding carboxylic acids is 1. The molecule has 1 amide bonds. The molecule has 168 valence electrons. The third-order valence-electron chi connectivity index (χ3n) is 5.27. The van der Waals surface area contributed by atoms with Crippen molar-refractivity contribution in [3.05, 3.63) is 90.0 Å². The quantitative estimate of drug-likeness (QED) is 0.309. The summed E-state index contributed by atoms with van der Waals surface area (Å²) in [6.45, 7) is 0.953. The maximum Gasteiger partial charge on any atom is 0.303 e. The van der Waals surface area contributed by atoms with Gasteiger partial charge in [0.1, 0.15) is 17.1 Å². The first-order chi connectivity index (χ1) is 16.1. The summed E-state index contributed by atoms with van der Waals surface area (Å²) in [5.74, 6) is 0.515. The maximum absolute atomic E-state index is 12.6. The second kappa shape index (κ2) is 10.5. The van der Waals surface area contributed by atoms with Crippen LogP contribution < -0.4 is 10.1 Å². The standard InChI is InChI=1S/C27H25NO5/c29-26(30)8-4-5-15-32-23-12-9-20(10-13-23)25-17-22-16-21(11-14-24(22)33-25)27(31)28-18-19-6-2-1-3-7-19/h1-3,6-7,9-14,16-17H,4-5,8,15,18H2,(H,28,31)(H,29,30). The van der Waals surface area contributed by atoms with Crippen LogP contribution in [0.15, 0.2) is 83.3 Å². The molecule has 0 saturated carbocycles. The summed E-state index contributed by atoms with van der Waals surface area (Å²) in [7, 11) is 0. The average Bonchev–Trinajstić information content (AvgIpc) is 3.26. The first-order valence-corrected chi connectivity index (χ1v) is 10.9. The monoisotopic (exact) mass is 443 g/mol.